The largest absolute Gasteiger partial charge is 0.323 e. The van der Waals surface area contributed by atoms with Crippen LogP contribution in [0.25, 0.3) is 10.8 Å². The second-order valence-electron chi connectivity index (χ2n) is 9.31. The molecule has 6 N–H and O–H groups in total. The number of benzene rings is 4. The number of carbonyl (C=O) groups is 2. The zero-order chi connectivity index (χ0) is 33.5. The fourth-order valence-corrected chi connectivity index (χ4v) is 6.06. The van der Waals surface area contributed by atoms with Crippen molar-refractivity contribution >= 4 is 75.8 Å². The maximum atomic E-state index is 13.2. The van der Waals surface area contributed by atoms with E-state index < -0.39 is 78.4 Å². The van der Waals surface area contributed by atoms with E-state index in [1.165, 1.54) is 36.4 Å². The molecule has 0 fully saturated rings. The third-order valence-electron chi connectivity index (χ3n) is 6.06. The Morgan fingerprint density at radius 3 is 1.93 bits per heavy atom. The van der Waals surface area contributed by atoms with Crippen molar-refractivity contribution in [1.82, 2.24) is 0 Å². The lowest BCUT2D eigenvalue weighted by Gasteiger charge is -2.15. The lowest BCUT2D eigenvalue weighted by Crippen LogP contribution is -2.20. The second kappa shape index (κ2) is 11.8. The highest BCUT2D eigenvalue weighted by molar-refractivity contribution is 7.87. The van der Waals surface area contributed by atoms with Crippen molar-refractivity contribution < 1.29 is 53.4 Å². The van der Waals surface area contributed by atoms with Crippen LogP contribution in [0.3, 0.4) is 0 Å². The van der Waals surface area contributed by atoms with Crippen molar-refractivity contribution in [2.24, 2.45) is 0 Å². The summed E-state index contributed by atoms with van der Waals surface area (Å²) in [6.07, 6.45) is 0. The number of aryl methyl sites for hydroxylation is 1. The molecule has 0 aromatic heterocycles. The van der Waals surface area contributed by atoms with Crippen LogP contribution in [0.15, 0.2) is 81.4 Å². The molecule has 17 nitrogen and oxygen atoms in total. The molecule has 0 spiro atoms. The Kier molecular flexibility index (Phi) is 8.66. The zero-order valence-electron chi connectivity index (χ0n) is 22.4. The monoisotopic (exact) mass is 680 g/mol. The molecular formula is C25H20N4O13S3. The van der Waals surface area contributed by atoms with Gasteiger partial charge in [-0.15, -0.1) is 0 Å². The molecule has 4 aromatic rings. The Morgan fingerprint density at radius 2 is 1.36 bits per heavy atom. The number of nitro benzene ring substituents is 1. The zero-order valence-corrected chi connectivity index (χ0v) is 24.9. The third-order valence-corrected chi connectivity index (χ3v) is 8.60. The summed E-state index contributed by atoms with van der Waals surface area (Å²) in [5.74, 6) is -1.04. The summed E-state index contributed by atoms with van der Waals surface area (Å²) in [6.45, 7) is 1.62. The molecule has 0 saturated heterocycles. The van der Waals surface area contributed by atoms with Gasteiger partial charge in [0.2, 0.25) is 0 Å². The number of nitrogens with one attached hydrogen (secondary N) is 3. The maximum absolute atomic E-state index is 13.2. The average molecular weight is 681 g/mol. The summed E-state index contributed by atoms with van der Waals surface area (Å²) in [5.41, 5.74) is -0.739. The van der Waals surface area contributed by atoms with E-state index in [-0.39, 0.29) is 22.6 Å². The van der Waals surface area contributed by atoms with E-state index in [1.54, 1.807) is 6.92 Å². The van der Waals surface area contributed by atoms with E-state index in [9.17, 15) is 58.6 Å². The van der Waals surface area contributed by atoms with E-state index in [0.717, 1.165) is 6.07 Å². The third kappa shape index (κ3) is 7.57. The van der Waals surface area contributed by atoms with Crippen molar-refractivity contribution in [2.75, 3.05) is 16.0 Å². The normalized spacial score (nSPS) is 12.0. The summed E-state index contributed by atoms with van der Waals surface area (Å²) in [6, 6.07) is 10.5. The highest BCUT2D eigenvalue weighted by Gasteiger charge is 2.26. The first-order chi connectivity index (χ1) is 20.7. The first-order valence-electron chi connectivity index (χ1n) is 12.0. The van der Waals surface area contributed by atoms with Crippen LogP contribution >= 0.6 is 0 Å². The number of urea groups is 1. The Hall–Kier alpha value is -4.99. The van der Waals surface area contributed by atoms with Crippen molar-refractivity contribution in [3.63, 3.8) is 0 Å². The van der Waals surface area contributed by atoms with Gasteiger partial charge in [-0.05, 0) is 66.4 Å². The molecule has 0 radical (unpaired) electrons. The van der Waals surface area contributed by atoms with Crippen LogP contribution in [0.4, 0.5) is 27.5 Å². The molecule has 45 heavy (non-hydrogen) atoms. The Morgan fingerprint density at radius 1 is 0.733 bits per heavy atom. The molecule has 0 unspecified atom stereocenters. The van der Waals surface area contributed by atoms with Crippen LogP contribution in [0.1, 0.15) is 15.9 Å². The van der Waals surface area contributed by atoms with Crippen LogP contribution in [0, 0.1) is 17.0 Å². The van der Waals surface area contributed by atoms with Crippen LogP contribution < -0.4 is 16.0 Å². The summed E-state index contributed by atoms with van der Waals surface area (Å²) in [4.78, 5) is 33.3. The smallest absolute Gasteiger partial charge is 0.321 e. The van der Waals surface area contributed by atoms with Gasteiger partial charge in [-0.1, -0.05) is 12.1 Å². The van der Waals surface area contributed by atoms with Crippen LogP contribution in [0.5, 0.6) is 0 Å². The van der Waals surface area contributed by atoms with E-state index in [1.807, 2.05) is 0 Å². The molecule has 0 aliphatic carbocycles. The van der Waals surface area contributed by atoms with Crippen molar-refractivity contribution in [1.29, 1.82) is 0 Å². The topological polar surface area (TPSA) is 276 Å². The molecule has 0 atom stereocenters. The fourth-order valence-electron chi connectivity index (χ4n) is 4.14. The number of amides is 3. The van der Waals surface area contributed by atoms with Crippen molar-refractivity contribution in [3.8, 4) is 0 Å². The standard InChI is InChI=1S/C25H20N4O13S3/c1-13-5-6-19(21(7-13)29(32)33)28-25(31)26-16-4-2-3-14(8-16)24(30)27-20-11-17(43(34,35)36)9-15-10-18(44(37,38)39)12-22(23(15)20)45(40,41)42/h2-12H,1H3,(H,27,30)(H2,26,28,31)(H,34,35,36)(H,37,38,39)(H,40,41,42). The molecule has 236 valence electrons. The van der Waals surface area contributed by atoms with E-state index >= 15 is 0 Å². The lowest BCUT2D eigenvalue weighted by molar-refractivity contribution is -0.384. The quantitative estimate of drug-likeness (QED) is 0.0881. The van der Waals surface area contributed by atoms with Gasteiger partial charge in [0.1, 0.15) is 10.6 Å². The summed E-state index contributed by atoms with van der Waals surface area (Å²) in [5, 5.41) is 17.1. The number of fused-ring (bicyclic) bond motifs is 1. The average Bonchev–Trinajstić information content (AvgIpc) is 2.91. The molecule has 4 rings (SSSR count). The van der Waals surface area contributed by atoms with Gasteiger partial charge in [-0.3, -0.25) is 28.6 Å². The molecule has 0 aliphatic heterocycles. The maximum Gasteiger partial charge on any atom is 0.323 e. The summed E-state index contributed by atoms with van der Waals surface area (Å²) >= 11 is 0. The van der Waals surface area contributed by atoms with Gasteiger partial charge < -0.3 is 16.0 Å². The SMILES string of the molecule is Cc1ccc(NC(=O)Nc2cccc(C(=O)Nc3cc(S(=O)(=O)O)cc4cc(S(=O)(=O)O)cc(S(=O)(=O)O)c34)c2)c([N+](=O)[O-])c1. The highest BCUT2D eigenvalue weighted by atomic mass is 32.2. The predicted molar refractivity (Wildman–Crippen MR) is 158 cm³/mol. The van der Waals surface area contributed by atoms with E-state index in [2.05, 4.69) is 16.0 Å². The molecule has 0 bridgehead atoms. The number of nitrogens with zero attached hydrogens (tertiary/aromatic N) is 1. The van der Waals surface area contributed by atoms with Gasteiger partial charge in [0.25, 0.3) is 41.9 Å². The van der Waals surface area contributed by atoms with Gasteiger partial charge >= 0.3 is 6.03 Å². The minimum Gasteiger partial charge on any atom is -0.321 e. The first kappa shape index (κ1) is 32.9. The molecule has 0 heterocycles. The van der Waals surface area contributed by atoms with Crippen LogP contribution in [0.2, 0.25) is 0 Å². The Labute approximate surface area is 254 Å². The van der Waals surface area contributed by atoms with Crippen LogP contribution in [-0.4, -0.2) is 55.8 Å². The molecule has 0 saturated carbocycles. The van der Waals surface area contributed by atoms with E-state index in [0.29, 0.717) is 29.8 Å². The number of carbonyl (C=O) groups excluding carboxylic acids is 2. The fraction of sp³-hybridized carbons (Fsp3) is 0.0400. The molecule has 0 aliphatic rings. The van der Waals surface area contributed by atoms with Gasteiger partial charge in [0.15, 0.2) is 0 Å². The molecular weight excluding hydrogens is 660 g/mol. The van der Waals surface area contributed by atoms with Crippen molar-refractivity contribution in [3.05, 3.63) is 88.0 Å². The summed E-state index contributed by atoms with van der Waals surface area (Å²) < 4.78 is 101. The van der Waals surface area contributed by atoms with Gasteiger partial charge in [-0.25, -0.2) is 4.79 Å². The number of anilines is 3. The molecule has 4 aromatic carbocycles. The minimum absolute atomic E-state index is 0.00267. The number of rotatable bonds is 8. The van der Waals surface area contributed by atoms with Crippen molar-refractivity contribution in [2.45, 2.75) is 21.6 Å². The Balaban J connectivity index is 1.73. The predicted octanol–water partition coefficient (Wildman–Crippen LogP) is 3.69. The van der Waals surface area contributed by atoms with E-state index in [4.69, 9.17) is 0 Å². The number of hydrogen-bond acceptors (Lipinski definition) is 10. The second-order valence-corrected chi connectivity index (χ2v) is 13.5. The summed E-state index contributed by atoms with van der Waals surface area (Å²) in [7, 11) is -15.4. The van der Waals surface area contributed by atoms with Gasteiger partial charge in [0, 0.05) is 22.7 Å². The lowest BCUT2D eigenvalue weighted by atomic mass is 10.1. The first-order valence-corrected chi connectivity index (χ1v) is 16.3. The molecule has 3 amide bonds. The van der Waals surface area contributed by atoms with Gasteiger partial charge in [-0.2, -0.15) is 25.3 Å². The number of nitro groups is 1. The number of hydrogen-bond donors (Lipinski definition) is 6. The van der Waals surface area contributed by atoms with Crippen LogP contribution in [-0.2, 0) is 30.4 Å². The minimum atomic E-state index is -5.28. The highest BCUT2D eigenvalue weighted by Crippen LogP contribution is 2.36. The molecule has 20 heteroatoms. The van der Waals surface area contributed by atoms with Gasteiger partial charge in [0.05, 0.1) is 20.4 Å². The Bertz CT molecular complexity index is 2250.